The van der Waals surface area contributed by atoms with E-state index in [0.717, 1.165) is 67.2 Å². The van der Waals surface area contributed by atoms with E-state index in [1.165, 1.54) is 25.0 Å². The van der Waals surface area contributed by atoms with Crippen molar-refractivity contribution < 1.29 is 4.79 Å². The summed E-state index contributed by atoms with van der Waals surface area (Å²) in [6.07, 6.45) is 12.1. The number of rotatable bonds is 5. The maximum atomic E-state index is 13.3. The molecule has 0 spiro atoms. The van der Waals surface area contributed by atoms with E-state index in [1.807, 2.05) is 11.9 Å². The highest BCUT2D eigenvalue weighted by Crippen LogP contribution is 2.31. The molecule has 1 aliphatic carbocycles. The van der Waals surface area contributed by atoms with E-state index in [2.05, 4.69) is 38.0 Å². The molecule has 3 aromatic rings. The molecule has 0 bridgehead atoms. The van der Waals surface area contributed by atoms with Crippen molar-refractivity contribution in [3.05, 3.63) is 40.4 Å². The van der Waals surface area contributed by atoms with E-state index in [0.29, 0.717) is 12.0 Å². The molecule has 1 saturated carbocycles. The van der Waals surface area contributed by atoms with Crippen molar-refractivity contribution in [3.8, 4) is 0 Å². The fourth-order valence-corrected chi connectivity index (χ4v) is 6.16. The van der Waals surface area contributed by atoms with Gasteiger partial charge in [0.25, 0.3) is 5.91 Å². The Hall–Kier alpha value is -2.19. The maximum absolute atomic E-state index is 13.3. The number of thiazole rings is 1. The Morgan fingerprint density at radius 2 is 2.10 bits per heavy atom. The van der Waals surface area contributed by atoms with Crippen molar-refractivity contribution in [2.75, 3.05) is 20.1 Å². The van der Waals surface area contributed by atoms with Crippen molar-refractivity contribution in [3.63, 3.8) is 0 Å². The summed E-state index contributed by atoms with van der Waals surface area (Å²) in [5.74, 6) is 0.431. The first-order valence-corrected chi connectivity index (χ1v) is 12.4. The lowest BCUT2D eigenvalue weighted by molar-refractivity contribution is 0.0693. The number of H-pyrrole nitrogens is 1. The van der Waals surface area contributed by atoms with Crippen molar-refractivity contribution in [2.45, 2.75) is 70.4 Å². The van der Waals surface area contributed by atoms with Gasteiger partial charge in [-0.15, -0.1) is 11.3 Å². The predicted octanol–water partition coefficient (Wildman–Crippen LogP) is 4.21. The van der Waals surface area contributed by atoms with Gasteiger partial charge in [0.15, 0.2) is 4.96 Å². The molecule has 5 rings (SSSR count). The van der Waals surface area contributed by atoms with Gasteiger partial charge in [0.05, 0.1) is 28.8 Å². The Morgan fingerprint density at radius 3 is 2.94 bits per heavy atom. The second-order valence-corrected chi connectivity index (χ2v) is 10.1. The first-order valence-electron chi connectivity index (χ1n) is 11.6. The molecule has 31 heavy (non-hydrogen) atoms. The summed E-state index contributed by atoms with van der Waals surface area (Å²) >= 11 is 1.68. The molecule has 2 aliphatic rings. The average Bonchev–Trinajstić information content (AvgIpc) is 3.52. The lowest BCUT2D eigenvalue weighted by atomic mass is 9.91. The highest BCUT2D eigenvalue weighted by molar-refractivity contribution is 7.15. The minimum absolute atomic E-state index is 0.124. The minimum Gasteiger partial charge on any atom is -0.339 e. The molecule has 0 aromatic carbocycles. The number of hydrogen-bond donors (Lipinski definition) is 1. The number of aryl methyl sites for hydroxylation is 1. The molecule has 2 fully saturated rings. The van der Waals surface area contributed by atoms with Crippen LogP contribution in [0.15, 0.2) is 17.8 Å². The molecule has 166 valence electrons. The van der Waals surface area contributed by atoms with E-state index in [9.17, 15) is 4.79 Å². The van der Waals surface area contributed by atoms with Gasteiger partial charge in [-0.25, -0.2) is 4.98 Å². The number of nitrogens with zero attached hydrogens (tertiary/aromatic N) is 5. The third-order valence-corrected chi connectivity index (χ3v) is 7.95. The molecule has 1 saturated heterocycles. The van der Waals surface area contributed by atoms with Crippen LogP contribution in [0.1, 0.15) is 78.3 Å². The van der Waals surface area contributed by atoms with Gasteiger partial charge in [0.1, 0.15) is 0 Å². The predicted molar refractivity (Wildman–Crippen MR) is 123 cm³/mol. The van der Waals surface area contributed by atoms with Gasteiger partial charge in [-0.2, -0.15) is 5.10 Å². The van der Waals surface area contributed by atoms with E-state index in [4.69, 9.17) is 4.98 Å². The number of likely N-dealkylation sites (tertiary alicyclic amines) is 1. The van der Waals surface area contributed by atoms with Gasteiger partial charge in [0, 0.05) is 43.7 Å². The SMILES string of the molecule is Cc1nc2sccn2c1CN1CCC[C@@H](c2[nH]ncc2C(=O)N(C)C2CCCCC2)C1. The summed E-state index contributed by atoms with van der Waals surface area (Å²) in [5, 5.41) is 9.57. The van der Waals surface area contributed by atoms with Crippen LogP contribution >= 0.6 is 11.3 Å². The molecule has 7 nitrogen and oxygen atoms in total. The Kier molecular flexibility index (Phi) is 5.84. The standard InChI is InChI=1S/C23H32N6OS/c1-16-20(29-11-12-31-23(29)25-16)15-28-10-6-7-17(14-28)21-19(13-24-26-21)22(30)27(2)18-8-4-3-5-9-18/h11-13,17-18H,3-10,14-15H2,1-2H3,(H,24,26)/t17-/m1/s1. The number of carbonyl (C=O) groups is 1. The van der Waals surface area contributed by atoms with Crippen LogP contribution in [-0.4, -0.2) is 61.5 Å². The second kappa shape index (κ2) is 8.74. The molecular weight excluding hydrogens is 408 g/mol. The van der Waals surface area contributed by atoms with Gasteiger partial charge in [-0.1, -0.05) is 19.3 Å². The highest BCUT2D eigenvalue weighted by atomic mass is 32.1. The van der Waals surface area contributed by atoms with Gasteiger partial charge in [0.2, 0.25) is 0 Å². The van der Waals surface area contributed by atoms with Crippen LogP contribution in [0, 0.1) is 6.92 Å². The van der Waals surface area contributed by atoms with Crippen molar-refractivity contribution >= 4 is 22.2 Å². The number of carbonyl (C=O) groups excluding carboxylic acids is 1. The topological polar surface area (TPSA) is 69.5 Å². The summed E-state index contributed by atoms with van der Waals surface area (Å²) in [5.41, 5.74) is 4.17. The number of imidazole rings is 1. The summed E-state index contributed by atoms with van der Waals surface area (Å²) in [4.78, 5) is 23.5. The summed E-state index contributed by atoms with van der Waals surface area (Å²) in [7, 11) is 1.97. The van der Waals surface area contributed by atoms with Crippen LogP contribution < -0.4 is 0 Å². The molecule has 3 aromatic heterocycles. The smallest absolute Gasteiger partial charge is 0.257 e. The number of aromatic amines is 1. The fraction of sp³-hybridized carbons (Fsp3) is 0.609. The molecule has 0 unspecified atom stereocenters. The average molecular weight is 441 g/mol. The van der Waals surface area contributed by atoms with Gasteiger partial charge in [-0.3, -0.25) is 19.2 Å². The zero-order chi connectivity index (χ0) is 21.4. The minimum atomic E-state index is 0.124. The van der Waals surface area contributed by atoms with Gasteiger partial charge < -0.3 is 4.90 Å². The molecule has 1 atom stereocenters. The lowest BCUT2D eigenvalue weighted by Crippen LogP contribution is -2.39. The Morgan fingerprint density at radius 1 is 1.26 bits per heavy atom. The Balaban J connectivity index is 1.31. The van der Waals surface area contributed by atoms with Crippen LogP contribution in [0.4, 0.5) is 0 Å². The third kappa shape index (κ3) is 4.03. The normalized spacial score (nSPS) is 21.0. The third-order valence-electron chi connectivity index (χ3n) is 7.19. The molecular formula is C23H32N6OS. The molecule has 8 heteroatoms. The first kappa shape index (κ1) is 20.7. The quantitative estimate of drug-likeness (QED) is 0.645. The Bertz CT molecular complexity index is 1050. The zero-order valence-electron chi connectivity index (χ0n) is 18.5. The molecule has 0 radical (unpaired) electrons. The van der Waals surface area contributed by atoms with E-state index >= 15 is 0 Å². The van der Waals surface area contributed by atoms with Gasteiger partial charge in [-0.05, 0) is 39.2 Å². The summed E-state index contributed by atoms with van der Waals surface area (Å²) < 4.78 is 2.22. The number of hydrogen-bond acceptors (Lipinski definition) is 5. The van der Waals surface area contributed by atoms with E-state index in [-0.39, 0.29) is 5.91 Å². The van der Waals surface area contributed by atoms with Gasteiger partial charge >= 0.3 is 0 Å². The van der Waals surface area contributed by atoms with Crippen LogP contribution in [-0.2, 0) is 6.54 Å². The van der Waals surface area contributed by atoms with Crippen molar-refractivity contribution in [2.24, 2.45) is 0 Å². The first-order chi connectivity index (χ1) is 15.1. The molecule has 1 aliphatic heterocycles. The van der Waals surface area contributed by atoms with Crippen LogP contribution in [0.2, 0.25) is 0 Å². The molecule has 1 N–H and O–H groups in total. The molecule has 1 amide bonds. The number of fused-ring (bicyclic) bond motifs is 1. The van der Waals surface area contributed by atoms with Crippen molar-refractivity contribution in [1.29, 1.82) is 0 Å². The zero-order valence-corrected chi connectivity index (χ0v) is 19.3. The van der Waals surface area contributed by atoms with E-state index in [1.54, 1.807) is 17.5 Å². The number of piperidine rings is 1. The molecule has 4 heterocycles. The number of nitrogens with one attached hydrogen (secondary N) is 1. The maximum Gasteiger partial charge on any atom is 0.257 e. The number of amides is 1. The monoisotopic (exact) mass is 440 g/mol. The van der Waals surface area contributed by atoms with Crippen LogP contribution in [0.25, 0.3) is 4.96 Å². The summed E-state index contributed by atoms with van der Waals surface area (Å²) in [6, 6.07) is 0.365. The summed E-state index contributed by atoms with van der Waals surface area (Å²) in [6.45, 7) is 5.00. The highest BCUT2D eigenvalue weighted by Gasteiger charge is 2.30. The largest absolute Gasteiger partial charge is 0.339 e. The fourth-order valence-electron chi connectivity index (χ4n) is 5.38. The van der Waals surface area contributed by atoms with Crippen molar-refractivity contribution in [1.82, 2.24) is 29.4 Å². The Labute approximate surface area is 187 Å². The number of aromatic nitrogens is 4. The van der Waals surface area contributed by atoms with E-state index < -0.39 is 0 Å². The lowest BCUT2D eigenvalue weighted by Gasteiger charge is -2.34. The second-order valence-electron chi connectivity index (χ2n) is 9.18. The van der Waals surface area contributed by atoms with Crippen LogP contribution in [0.3, 0.4) is 0 Å². The van der Waals surface area contributed by atoms with Crippen LogP contribution in [0.5, 0.6) is 0 Å².